The first kappa shape index (κ1) is 25.1. The first-order valence-electron chi connectivity index (χ1n) is 11.6. The van der Waals surface area contributed by atoms with Gasteiger partial charge < -0.3 is 9.64 Å². The van der Waals surface area contributed by atoms with Gasteiger partial charge in [-0.25, -0.2) is 8.42 Å². The molecule has 1 heterocycles. The SMILES string of the molecule is COc1ccc(S(=O)(=O)N(CC(=O)N2CCC(Cc3ccccc3)CC2)c2cccc(Cl)c2)cc1. The van der Waals surface area contributed by atoms with Gasteiger partial charge in [-0.15, -0.1) is 0 Å². The van der Waals surface area contributed by atoms with E-state index in [2.05, 4.69) is 12.1 Å². The van der Waals surface area contributed by atoms with Gasteiger partial charge in [-0.05, 0) is 73.2 Å². The fourth-order valence-corrected chi connectivity index (χ4v) is 5.97. The van der Waals surface area contributed by atoms with E-state index in [9.17, 15) is 13.2 Å². The molecule has 3 aromatic rings. The van der Waals surface area contributed by atoms with Gasteiger partial charge in [-0.2, -0.15) is 0 Å². The van der Waals surface area contributed by atoms with Crippen molar-refractivity contribution in [3.63, 3.8) is 0 Å². The summed E-state index contributed by atoms with van der Waals surface area (Å²) in [7, 11) is -2.49. The van der Waals surface area contributed by atoms with Gasteiger partial charge in [0.05, 0.1) is 17.7 Å². The van der Waals surface area contributed by atoms with Crippen LogP contribution in [-0.4, -0.2) is 46.0 Å². The molecule has 1 fully saturated rings. The van der Waals surface area contributed by atoms with E-state index in [1.165, 1.54) is 24.8 Å². The van der Waals surface area contributed by atoms with Crippen LogP contribution in [0.25, 0.3) is 0 Å². The van der Waals surface area contributed by atoms with Crippen LogP contribution in [0.15, 0.2) is 83.8 Å². The molecule has 35 heavy (non-hydrogen) atoms. The maximum Gasteiger partial charge on any atom is 0.264 e. The van der Waals surface area contributed by atoms with Crippen LogP contribution in [0, 0.1) is 5.92 Å². The highest BCUT2D eigenvalue weighted by atomic mass is 35.5. The van der Waals surface area contributed by atoms with E-state index in [-0.39, 0.29) is 17.3 Å². The van der Waals surface area contributed by atoms with Crippen LogP contribution < -0.4 is 9.04 Å². The maximum absolute atomic E-state index is 13.6. The van der Waals surface area contributed by atoms with E-state index < -0.39 is 10.0 Å². The number of carbonyl (C=O) groups excluding carboxylic acids is 1. The van der Waals surface area contributed by atoms with Crippen molar-refractivity contribution in [2.45, 2.75) is 24.2 Å². The highest BCUT2D eigenvalue weighted by Crippen LogP contribution is 2.28. The van der Waals surface area contributed by atoms with Crippen molar-refractivity contribution in [2.75, 3.05) is 31.0 Å². The Labute approximate surface area is 212 Å². The lowest BCUT2D eigenvalue weighted by atomic mass is 9.90. The molecule has 1 aliphatic rings. The van der Waals surface area contributed by atoms with Crippen molar-refractivity contribution in [1.29, 1.82) is 0 Å². The zero-order valence-electron chi connectivity index (χ0n) is 19.6. The number of likely N-dealkylation sites (tertiary alicyclic amines) is 1. The third kappa shape index (κ3) is 6.16. The molecule has 3 aromatic carbocycles. The van der Waals surface area contributed by atoms with Crippen LogP contribution >= 0.6 is 11.6 Å². The summed E-state index contributed by atoms with van der Waals surface area (Å²) in [6.07, 6.45) is 2.77. The van der Waals surface area contributed by atoms with Crippen molar-refractivity contribution in [3.05, 3.63) is 89.4 Å². The molecule has 0 spiro atoms. The average Bonchev–Trinajstić information content (AvgIpc) is 2.88. The second-order valence-corrected chi connectivity index (χ2v) is 11.0. The van der Waals surface area contributed by atoms with Crippen LogP contribution in [0.2, 0.25) is 5.02 Å². The Bertz CT molecular complexity index is 1240. The van der Waals surface area contributed by atoms with Crippen LogP contribution in [0.4, 0.5) is 5.69 Å². The summed E-state index contributed by atoms with van der Waals surface area (Å²) in [6.45, 7) is 0.933. The number of halogens is 1. The minimum Gasteiger partial charge on any atom is -0.497 e. The number of rotatable bonds is 8. The minimum atomic E-state index is -4.01. The Kier molecular flexibility index (Phi) is 7.98. The molecule has 0 radical (unpaired) electrons. The molecule has 8 heteroatoms. The number of benzene rings is 3. The van der Waals surface area contributed by atoms with E-state index in [0.717, 1.165) is 23.6 Å². The number of nitrogens with zero attached hydrogens (tertiary/aromatic N) is 2. The summed E-state index contributed by atoms with van der Waals surface area (Å²) in [4.78, 5) is 15.1. The van der Waals surface area contributed by atoms with Crippen molar-refractivity contribution >= 4 is 33.2 Å². The molecule has 0 aliphatic carbocycles. The fraction of sp³-hybridized carbons (Fsp3) is 0.296. The second-order valence-electron chi connectivity index (χ2n) is 8.68. The van der Waals surface area contributed by atoms with Crippen molar-refractivity contribution in [2.24, 2.45) is 5.92 Å². The summed E-state index contributed by atoms with van der Waals surface area (Å²) in [6, 6.07) is 23.0. The van der Waals surface area contributed by atoms with Crippen molar-refractivity contribution in [1.82, 2.24) is 4.90 Å². The third-order valence-corrected chi connectivity index (χ3v) is 8.38. The highest BCUT2D eigenvalue weighted by molar-refractivity contribution is 7.92. The summed E-state index contributed by atoms with van der Waals surface area (Å²) in [5.74, 6) is 0.835. The Morgan fingerprint density at radius 1 is 1.00 bits per heavy atom. The number of ether oxygens (including phenoxy) is 1. The molecule has 0 atom stereocenters. The van der Waals surface area contributed by atoms with Crippen LogP contribution in [-0.2, 0) is 21.2 Å². The number of carbonyl (C=O) groups is 1. The van der Waals surface area contributed by atoms with Gasteiger partial charge in [0.25, 0.3) is 10.0 Å². The molecule has 0 saturated carbocycles. The first-order valence-corrected chi connectivity index (χ1v) is 13.4. The smallest absolute Gasteiger partial charge is 0.264 e. The Morgan fingerprint density at radius 3 is 2.31 bits per heavy atom. The van der Waals surface area contributed by atoms with Crippen LogP contribution in [0.1, 0.15) is 18.4 Å². The molecule has 0 aromatic heterocycles. The number of piperidine rings is 1. The van der Waals surface area contributed by atoms with Gasteiger partial charge in [0.2, 0.25) is 5.91 Å². The monoisotopic (exact) mass is 512 g/mol. The maximum atomic E-state index is 13.6. The first-order chi connectivity index (χ1) is 16.9. The number of sulfonamides is 1. The topological polar surface area (TPSA) is 66.9 Å². The lowest BCUT2D eigenvalue weighted by Gasteiger charge is -2.34. The zero-order valence-corrected chi connectivity index (χ0v) is 21.2. The van der Waals surface area contributed by atoms with Crippen LogP contribution in [0.3, 0.4) is 0 Å². The molecule has 1 aliphatic heterocycles. The molecular formula is C27H29ClN2O4S. The fourth-order valence-electron chi connectivity index (χ4n) is 4.38. The average molecular weight is 513 g/mol. The lowest BCUT2D eigenvalue weighted by Crippen LogP contribution is -2.46. The largest absolute Gasteiger partial charge is 0.497 e. The number of methoxy groups -OCH3 is 1. The molecule has 4 rings (SSSR count). The minimum absolute atomic E-state index is 0.0765. The summed E-state index contributed by atoms with van der Waals surface area (Å²) in [5.41, 5.74) is 1.65. The van der Waals surface area contributed by atoms with Gasteiger partial charge in [-0.1, -0.05) is 48.0 Å². The quantitative estimate of drug-likeness (QED) is 0.425. The van der Waals surface area contributed by atoms with Gasteiger partial charge >= 0.3 is 0 Å². The van der Waals surface area contributed by atoms with E-state index in [0.29, 0.717) is 35.5 Å². The van der Waals surface area contributed by atoms with Crippen molar-refractivity contribution in [3.8, 4) is 5.75 Å². The number of hydrogen-bond donors (Lipinski definition) is 0. The second kappa shape index (κ2) is 11.1. The summed E-state index contributed by atoms with van der Waals surface area (Å²) >= 11 is 6.16. The zero-order chi connectivity index (χ0) is 24.8. The van der Waals surface area contributed by atoms with E-state index >= 15 is 0 Å². The standard InChI is InChI=1S/C27H29ClN2O4S/c1-34-25-10-12-26(13-11-25)35(32,33)30(24-9-5-8-23(28)19-24)20-27(31)29-16-14-22(15-17-29)18-21-6-3-2-4-7-21/h2-13,19,22H,14-18,20H2,1H3. The van der Waals surface area contributed by atoms with Crippen LogP contribution in [0.5, 0.6) is 5.75 Å². The molecule has 0 N–H and O–H groups in total. The summed E-state index contributed by atoms with van der Waals surface area (Å²) < 4.78 is 33.5. The molecule has 1 saturated heterocycles. The Hall–Kier alpha value is -3.03. The molecule has 0 unspecified atom stereocenters. The van der Waals surface area contributed by atoms with Gasteiger partial charge in [0, 0.05) is 18.1 Å². The molecule has 184 valence electrons. The highest BCUT2D eigenvalue weighted by Gasteiger charge is 2.31. The third-order valence-electron chi connectivity index (χ3n) is 6.36. The van der Waals surface area contributed by atoms with E-state index in [1.807, 2.05) is 18.2 Å². The Morgan fingerprint density at radius 2 is 1.69 bits per heavy atom. The normalized spacial score (nSPS) is 14.5. The summed E-state index contributed by atoms with van der Waals surface area (Å²) in [5, 5.41) is 0.395. The predicted molar refractivity (Wildman–Crippen MR) is 138 cm³/mol. The molecule has 0 bridgehead atoms. The molecule has 6 nitrogen and oxygen atoms in total. The van der Waals surface area contributed by atoms with Gasteiger partial charge in [-0.3, -0.25) is 9.10 Å². The van der Waals surface area contributed by atoms with Gasteiger partial charge in [0.1, 0.15) is 12.3 Å². The van der Waals surface area contributed by atoms with Crippen molar-refractivity contribution < 1.29 is 17.9 Å². The predicted octanol–water partition coefficient (Wildman–Crippen LogP) is 5.03. The number of amides is 1. The number of hydrogen-bond acceptors (Lipinski definition) is 4. The Balaban J connectivity index is 1.50. The lowest BCUT2D eigenvalue weighted by molar-refractivity contribution is -0.130. The molecular weight excluding hydrogens is 484 g/mol. The van der Waals surface area contributed by atoms with E-state index in [4.69, 9.17) is 16.3 Å². The van der Waals surface area contributed by atoms with Gasteiger partial charge in [0.15, 0.2) is 0 Å². The molecule has 1 amide bonds. The van der Waals surface area contributed by atoms with E-state index in [1.54, 1.807) is 41.3 Å². The number of anilines is 1.